The van der Waals surface area contributed by atoms with E-state index in [4.69, 9.17) is 5.73 Å². The topological polar surface area (TPSA) is 74.5 Å². The summed E-state index contributed by atoms with van der Waals surface area (Å²) in [5.74, 6) is 0.293. The minimum absolute atomic E-state index is 0.328. The third kappa shape index (κ3) is 1.96. The molecule has 20 heavy (non-hydrogen) atoms. The Kier molecular flexibility index (Phi) is 3.19. The first-order valence-corrected chi connectivity index (χ1v) is 6.50. The number of aryl methyl sites for hydroxylation is 1. The number of hydrogen-bond acceptors (Lipinski definition) is 4. The van der Waals surface area contributed by atoms with Gasteiger partial charge in [0.2, 0.25) is 0 Å². The molecule has 7 heteroatoms. The first-order valence-electron chi connectivity index (χ1n) is 6.50. The molecular weight excluding hydrogens is 259 g/mol. The highest BCUT2D eigenvalue weighted by molar-refractivity contribution is 5.80. The van der Waals surface area contributed by atoms with Gasteiger partial charge in [0.25, 0.3) is 0 Å². The highest BCUT2D eigenvalue weighted by atomic mass is 19.1. The van der Waals surface area contributed by atoms with Gasteiger partial charge in [-0.05, 0) is 19.1 Å². The van der Waals surface area contributed by atoms with Crippen LogP contribution in [0.3, 0.4) is 0 Å². The van der Waals surface area contributed by atoms with Gasteiger partial charge in [0.05, 0.1) is 18.3 Å². The highest BCUT2D eigenvalue weighted by Crippen LogP contribution is 2.24. The van der Waals surface area contributed by atoms with Crippen molar-refractivity contribution in [3.05, 3.63) is 30.2 Å². The number of benzene rings is 1. The van der Waals surface area contributed by atoms with E-state index in [9.17, 15) is 4.39 Å². The largest absolute Gasteiger partial charge is 0.329 e. The predicted octanol–water partition coefficient (Wildman–Crippen LogP) is 1.41. The fourth-order valence-corrected chi connectivity index (χ4v) is 2.27. The summed E-state index contributed by atoms with van der Waals surface area (Å²) in [6, 6.07) is 4.94. The minimum Gasteiger partial charge on any atom is -0.329 e. The average Bonchev–Trinajstić information content (AvgIpc) is 3.03. The van der Waals surface area contributed by atoms with E-state index < -0.39 is 0 Å². The van der Waals surface area contributed by atoms with Crippen LogP contribution in [0.4, 0.5) is 4.39 Å². The van der Waals surface area contributed by atoms with Crippen molar-refractivity contribution in [2.75, 3.05) is 6.54 Å². The molecule has 0 aliphatic heterocycles. The molecule has 2 aromatic heterocycles. The van der Waals surface area contributed by atoms with Crippen molar-refractivity contribution in [2.45, 2.75) is 20.0 Å². The molecule has 0 unspecified atom stereocenters. The van der Waals surface area contributed by atoms with E-state index in [-0.39, 0.29) is 5.82 Å². The summed E-state index contributed by atoms with van der Waals surface area (Å²) in [5, 5.41) is 8.08. The summed E-state index contributed by atoms with van der Waals surface area (Å²) >= 11 is 0. The number of imidazole rings is 1. The zero-order valence-electron chi connectivity index (χ0n) is 11.1. The van der Waals surface area contributed by atoms with Crippen LogP contribution < -0.4 is 5.73 Å². The molecule has 0 saturated carbocycles. The smallest absolute Gasteiger partial charge is 0.163 e. The molecule has 0 bridgehead atoms. The Morgan fingerprint density at radius 1 is 1.35 bits per heavy atom. The number of nitrogens with two attached hydrogens (primary N) is 1. The maximum absolute atomic E-state index is 13.8. The van der Waals surface area contributed by atoms with Crippen LogP contribution in [0.2, 0.25) is 0 Å². The lowest BCUT2D eigenvalue weighted by atomic mass is 10.3. The van der Waals surface area contributed by atoms with Crippen LogP contribution >= 0.6 is 0 Å². The van der Waals surface area contributed by atoms with Gasteiger partial charge in [0.15, 0.2) is 11.6 Å². The Balaban J connectivity index is 2.16. The van der Waals surface area contributed by atoms with E-state index in [1.54, 1.807) is 16.9 Å². The van der Waals surface area contributed by atoms with Gasteiger partial charge in [0.1, 0.15) is 11.2 Å². The van der Waals surface area contributed by atoms with Crippen LogP contribution in [0.15, 0.2) is 24.4 Å². The summed E-state index contributed by atoms with van der Waals surface area (Å²) in [4.78, 5) is 4.37. The van der Waals surface area contributed by atoms with Crippen LogP contribution in [0.1, 0.15) is 6.92 Å². The summed E-state index contributed by atoms with van der Waals surface area (Å²) < 4.78 is 17.4. The maximum Gasteiger partial charge on any atom is 0.163 e. The Labute approximate surface area is 115 Å². The van der Waals surface area contributed by atoms with Crippen molar-refractivity contribution in [1.29, 1.82) is 0 Å². The van der Waals surface area contributed by atoms with Crippen LogP contribution in [-0.2, 0) is 13.1 Å². The number of nitrogens with zero attached hydrogens (tertiary/aromatic N) is 5. The van der Waals surface area contributed by atoms with Gasteiger partial charge in [-0.1, -0.05) is 11.3 Å². The fraction of sp³-hybridized carbons (Fsp3) is 0.308. The third-order valence-electron chi connectivity index (χ3n) is 3.17. The van der Waals surface area contributed by atoms with Crippen LogP contribution in [0.25, 0.3) is 22.6 Å². The Morgan fingerprint density at radius 3 is 2.95 bits per heavy atom. The van der Waals surface area contributed by atoms with E-state index >= 15 is 0 Å². The number of fused-ring (bicyclic) bond motifs is 1. The Bertz CT molecular complexity index is 744. The van der Waals surface area contributed by atoms with Crippen LogP contribution in [-0.4, -0.2) is 31.1 Å². The predicted molar refractivity (Wildman–Crippen MR) is 73.4 cm³/mol. The zero-order chi connectivity index (χ0) is 14.1. The summed E-state index contributed by atoms with van der Waals surface area (Å²) in [6.45, 7) is 3.74. The molecule has 104 valence electrons. The van der Waals surface area contributed by atoms with E-state index in [0.717, 1.165) is 5.52 Å². The normalized spacial score (nSPS) is 11.3. The number of halogens is 1. The van der Waals surface area contributed by atoms with Gasteiger partial charge >= 0.3 is 0 Å². The molecule has 0 spiro atoms. The van der Waals surface area contributed by atoms with Crippen LogP contribution in [0, 0.1) is 5.82 Å². The lowest BCUT2D eigenvalue weighted by molar-refractivity contribution is 0.598. The second-order valence-corrected chi connectivity index (χ2v) is 4.44. The number of rotatable bonds is 4. The molecule has 2 N–H and O–H groups in total. The summed E-state index contributed by atoms with van der Waals surface area (Å²) in [6.07, 6.45) is 1.78. The molecule has 3 rings (SSSR count). The van der Waals surface area contributed by atoms with E-state index in [1.807, 2.05) is 17.6 Å². The first kappa shape index (κ1) is 12.7. The number of para-hydroxylation sites is 1. The third-order valence-corrected chi connectivity index (χ3v) is 3.17. The first-order chi connectivity index (χ1) is 9.74. The molecule has 1 aromatic carbocycles. The molecule has 0 aliphatic carbocycles. The molecular formula is C13H15FN6. The van der Waals surface area contributed by atoms with Crippen LogP contribution in [0.5, 0.6) is 0 Å². The van der Waals surface area contributed by atoms with Gasteiger partial charge in [-0.3, -0.25) is 4.68 Å². The molecule has 6 nitrogen and oxygen atoms in total. The fourth-order valence-electron chi connectivity index (χ4n) is 2.27. The second kappa shape index (κ2) is 5.01. The monoisotopic (exact) mass is 274 g/mol. The molecule has 0 aliphatic rings. The maximum atomic E-state index is 13.8. The van der Waals surface area contributed by atoms with E-state index in [0.29, 0.717) is 36.7 Å². The molecule has 2 heterocycles. The number of hydrogen-bond donors (Lipinski definition) is 1. The van der Waals surface area contributed by atoms with Gasteiger partial charge in [-0.25, -0.2) is 9.37 Å². The Hall–Kier alpha value is -2.28. The minimum atomic E-state index is -0.328. The molecule has 0 amide bonds. The Morgan fingerprint density at radius 2 is 2.20 bits per heavy atom. The van der Waals surface area contributed by atoms with Gasteiger partial charge < -0.3 is 10.3 Å². The van der Waals surface area contributed by atoms with Crippen molar-refractivity contribution >= 4 is 11.0 Å². The highest BCUT2D eigenvalue weighted by Gasteiger charge is 2.16. The van der Waals surface area contributed by atoms with Gasteiger partial charge in [-0.15, -0.1) is 5.10 Å². The lowest BCUT2D eigenvalue weighted by Crippen LogP contribution is -2.10. The molecule has 0 atom stereocenters. The second-order valence-electron chi connectivity index (χ2n) is 4.44. The van der Waals surface area contributed by atoms with Crippen molar-refractivity contribution in [3.63, 3.8) is 0 Å². The molecule has 3 aromatic rings. The molecule has 0 fully saturated rings. The number of aromatic nitrogens is 5. The summed E-state index contributed by atoms with van der Waals surface area (Å²) in [7, 11) is 0. The van der Waals surface area contributed by atoms with Crippen molar-refractivity contribution in [3.8, 4) is 11.5 Å². The SMILES string of the molecule is CCn1c(-c2cn(CCN)nn2)nc2c(F)cccc21. The summed E-state index contributed by atoms with van der Waals surface area (Å²) in [5.41, 5.74) is 7.23. The molecule has 0 radical (unpaired) electrons. The molecule has 0 saturated heterocycles. The average molecular weight is 274 g/mol. The lowest BCUT2D eigenvalue weighted by Gasteiger charge is -2.02. The van der Waals surface area contributed by atoms with E-state index in [2.05, 4.69) is 15.3 Å². The van der Waals surface area contributed by atoms with Gasteiger partial charge in [-0.2, -0.15) is 0 Å². The van der Waals surface area contributed by atoms with E-state index in [1.165, 1.54) is 6.07 Å². The van der Waals surface area contributed by atoms with Crippen molar-refractivity contribution in [1.82, 2.24) is 24.5 Å². The quantitative estimate of drug-likeness (QED) is 0.780. The van der Waals surface area contributed by atoms with Crippen molar-refractivity contribution in [2.24, 2.45) is 5.73 Å². The standard InChI is InChI=1S/C13H15FN6/c1-2-20-11-5-3-4-9(14)12(11)16-13(20)10-8-19(7-6-15)18-17-10/h3-5,8H,2,6-7,15H2,1H3. The van der Waals surface area contributed by atoms with Crippen molar-refractivity contribution < 1.29 is 4.39 Å². The van der Waals surface area contributed by atoms with Gasteiger partial charge in [0, 0.05) is 13.1 Å². The zero-order valence-corrected chi connectivity index (χ0v) is 11.1.